The molecule has 0 spiro atoms. The van der Waals surface area contributed by atoms with E-state index in [1.54, 1.807) is 49.4 Å². The maximum atomic E-state index is 13.7. The molecular weight excluding hydrogens is 307 g/mol. The molecule has 0 radical (unpaired) electrons. The van der Waals surface area contributed by atoms with Gasteiger partial charge in [-0.3, -0.25) is 9.59 Å². The number of aryl methyl sites for hydroxylation is 2. The number of nitrogens with zero attached hydrogens (tertiary/aromatic N) is 1. The third-order valence-corrected chi connectivity index (χ3v) is 4.02. The zero-order valence-electron chi connectivity index (χ0n) is 13.3. The molecule has 0 aliphatic carbocycles. The number of fused-ring (bicyclic) bond motifs is 1. The van der Waals surface area contributed by atoms with Crippen LogP contribution < -0.4 is 11.3 Å². The summed E-state index contributed by atoms with van der Waals surface area (Å²) in [5.41, 5.74) is 7.30. The van der Waals surface area contributed by atoms with Crippen LogP contribution in [-0.2, 0) is 6.42 Å². The lowest BCUT2D eigenvalue weighted by atomic mass is 10.1. The second kappa shape index (κ2) is 6.28. The second-order valence-electron chi connectivity index (χ2n) is 5.77. The van der Waals surface area contributed by atoms with Gasteiger partial charge in [0.2, 0.25) is 5.91 Å². The Labute approximate surface area is 138 Å². The van der Waals surface area contributed by atoms with Crippen LogP contribution in [0.3, 0.4) is 0 Å². The fourth-order valence-electron chi connectivity index (χ4n) is 2.76. The van der Waals surface area contributed by atoms with Crippen molar-refractivity contribution in [2.45, 2.75) is 19.8 Å². The van der Waals surface area contributed by atoms with Crippen LogP contribution in [0, 0.1) is 12.7 Å². The van der Waals surface area contributed by atoms with E-state index in [1.165, 1.54) is 6.07 Å². The first kappa shape index (κ1) is 15.9. The van der Waals surface area contributed by atoms with Crippen LogP contribution in [0.4, 0.5) is 10.1 Å². The number of halogens is 1. The molecular formula is C19H17FN2O2. The van der Waals surface area contributed by atoms with Gasteiger partial charge in [0.05, 0.1) is 5.52 Å². The van der Waals surface area contributed by atoms with E-state index in [2.05, 4.69) is 0 Å². The lowest BCUT2D eigenvalue weighted by Gasteiger charge is -2.11. The number of anilines is 1. The largest absolute Gasteiger partial charge is 0.399 e. The standard InChI is InChI=1S/C19H17FN2O2/c1-12-10-14-6-8-15(21)11-17(14)22(19(12)24)18(23)9-7-13-4-2-3-5-16(13)20/h2-6,8,10-11H,7,9,21H2,1H3. The van der Waals surface area contributed by atoms with Crippen molar-refractivity contribution >= 4 is 22.5 Å². The number of hydrogen-bond donors (Lipinski definition) is 1. The van der Waals surface area contributed by atoms with Gasteiger partial charge in [0.15, 0.2) is 0 Å². The Kier molecular flexibility index (Phi) is 4.16. The van der Waals surface area contributed by atoms with E-state index < -0.39 is 0 Å². The predicted molar refractivity (Wildman–Crippen MR) is 92.7 cm³/mol. The van der Waals surface area contributed by atoms with Crippen molar-refractivity contribution in [2.24, 2.45) is 0 Å². The number of nitrogens with two attached hydrogens (primary N) is 1. The second-order valence-corrected chi connectivity index (χ2v) is 5.77. The average molecular weight is 324 g/mol. The third-order valence-electron chi connectivity index (χ3n) is 4.02. The molecule has 2 N–H and O–H groups in total. The van der Waals surface area contributed by atoms with Crippen molar-refractivity contribution in [3.63, 3.8) is 0 Å². The fourth-order valence-corrected chi connectivity index (χ4v) is 2.76. The minimum Gasteiger partial charge on any atom is -0.399 e. The first-order valence-corrected chi connectivity index (χ1v) is 7.66. The quantitative estimate of drug-likeness (QED) is 0.752. The molecule has 24 heavy (non-hydrogen) atoms. The summed E-state index contributed by atoms with van der Waals surface area (Å²) in [6.07, 6.45) is 0.268. The predicted octanol–water partition coefficient (Wildman–Crippen LogP) is 3.30. The van der Waals surface area contributed by atoms with E-state index in [1.807, 2.05) is 0 Å². The molecule has 0 bridgehead atoms. The molecule has 0 saturated heterocycles. The van der Waals surface area contributed by atoms with Crippen molar-refractivity contribution in [1.29, 1.82) is 0 Å². The van der Waals surface area contributed by atoms with Crippen molar-refractivity contribution in [3.05, 3.63) is 75.8 Å². The number of pyridine rings is 1. The normalized spacial score (nSPS) is 10.9. The van der Waals surface area contributed by atoms with Crippen LogP contribution in [0.1, 0.15) is 22.3 Å². The Balaban J connectivity index is 2.00. The minimum atomic E-state index is -0.373. The summed E-state index contributed by atoms with van der Waals surface area (Å²) >= 11 is 0. The minimum absolute atomic E-state index is 0.0359. The zero-order valence-corrected chi connectivity index (χ0v) is 13.3. The molecule has 0 amide bonds. The molecule has 0 unspecified atom stereocenters. The van der Waals surface area contributed by atoms with E-state index in [4.69, 9.17) is 5.73 Å². The Morgan fingerprint density at radius 1 is 1.17 bits per heavy atom. The molecule has 0 aliphatic heterocycles. The Hall–Kier alpha value is -2.95. The van der Waals surface area contributed by atoms with Gasteiger partial charge in [-0.1, -0.05) is 24.3 Å². The van der Waals surface area contributed by atoms with Gasteiger partial charge in [0, 0.05) is 17.7 Å². The van der Waals surface area contributed by atoms with Crippen LogP contribution in [0.5, 0.6) is 0 Å². The van der Waals surface area contributed by atoms with E-state index in [-0.39, 0.29) is 30.1 Å². The molecule has 3 rings (SSSR count). The number of carbonyl (C=O) groups is 1. The molecule has 1 aromatic heterocycles. The van der Waals surface area contributed by atoms with E-state index in [0.29, 0.717) is 22.3 Å². The van der Waals surface area contributed by atoms with Crippen LogP contribution in [0.25, 0.3) is 10.9 Å². The number of carbonyl (C=O) groups excluding carboxylic acids is 1. The Morgan fingerprint density at radius 2 is 1.92 bits per heavy atom. The molecule has 0 atom stereocenters. The summed E-state index contributed by atoms with van der Waals surface area (Å²) in [5.74, 6) is -0.724. The zero-order chi connectivity index (χ0) is 17.3. The molecule has 0 fully saturated rings. The SMILES string of the molecule is Cc1cc2ccc(N)cc2n(C(=O)CCc2ccccc2F)c1=O. The number of hydrogen-bond acceptors (Lipinski definition) is 3. The first-order valence-electron chi connectivity index (χ1n) is 7.66. The highest BCUT2D eigenvalue weighted by Gasteiger charge is 2.14. The fraction of sp³-hybridized carbons (Fsp3) is 0.158. The Morgan fingerprint density at radius 3 is 2.67 bits per heavy atom. The van der Waals surface area contributed by atoms with Gasteiger partial charge in [-0.25, -0.2) is 8.96 Å². The summed E-state index contributed by atoms with van der Waals surface area (Å²) in [5, 5.41) is 0.764. The summed E-state index contributed by atoms with van der Waals surface area (Å²) in [6, 6.07) is 13.2. The third kappa shape index (κ3) is 2.93. The van der Waals surface area contributed by atoms with Crippen molar-refractivity contribution in [1.82, 2.24) is 4.57 Å². The van der Waals surface area contributed by atoms with Gasteiger partial charge in [-0.2, -0.15) is 0 Å². The Bertz CT molecular complexity index is 992. The summed E-state index contributed by atoms with van der Waals surface area (Å²) in [4.78, 5) is 25.1. The van der Waals surface area contributed by atoms with Crippen LogP contribution >= 0.6 is 0 Å². The van der Waals surface area contributed by atoms with Gasteiger partial charge < -0.3 is 5.73 Å². The average Bonchev–Trinajstić information content (AvgIpc) is 2.55. The van der Waals surface area contributed by atoms with E-state index in [9.17, 15) is 14.0 Å². The topological polar surface area (TPSA) is 65.1 Å². The van der Waals surface area contributed by atoms with Gasteiger partial charge in [-0.05, 0) is 48.6 Å². The maximum Gasteiger partial charge on any atom is 0.260 e. The molecule has 1 heterocycles. The molecule has 0 saturated carbocycles. The first-order chi connectivity index (χ1) is 11.5. The summed E-state index contributed by atoms with van der Waals surface area (Å²) in [7, 11) is 0. The van der Waals surface area contributed by atoms with Crippen LogP contribution in [0.2, 0.25) is 0 Å². The summed E-state index contributed by atoms with van der Waals surface area (Å²) in [6.45, 7) is 1.67. The number of nitrogen functional groups attached to an aromatic ring is 1. The molecule has 0 aliphatic rings. The molecule has 122 valence electrons. The summed E-state index contributed by atoms with van der Waals surface area (Å²) < 4.78 is 14.8. The smallest absolute Gasteiger partial charge is 0.260 e. The van der Waals surface area contributed by atoms with Crippen LogP contribution in [0.15, 0.2) is 53.3 Å². The van der Waals surface area contributed by atoms with E-state index in [0.717, 1.165) is 9.95 Å². The van der Waals surface area contributed by atoms with Gasteiger partial charge in [0.1, 0.15) is 5.82 Å². The number of benzene rings is 2. The van der Waals surface area contributed by atoms with Crippen molar-refractivity contribution in [3.8, 4) is 0 Å². The highest BCUT2D eigenvalue weighted by molar-refractivity contribution is 5.93. The van der Waals surface area contributed by atoms with E-state index >= 15 is 0 Å². The maximum absolute atomic E-state index is 13.7. The monoisotopic (exact) mass is 324 g/mol. The molecule has 4 nitrogen and oxygen atoms in total. The van der Waals surface area contributed by atoms with Crippen molar-refractivity contribution in [2.75, 3.05) is 5.73 Å². The number of aromatic nitrogens is 1. The molecule has 2 aromatic carbocycles. The van der Waals surface area contributed by atoms with Gasteiger partial charge >= 0.3 is 0 Å². The molecule has 5 heteroatoms. The molecule has 3 aromatic rings. The highest BCUT2D eigenvalue weighted by atomic mass is 19.1. The number of rotatable bonds is 3. The van der Waals surface area contributed by atoms with Gasteiger partial charge in [0.25, 0.3) is 5.56 Å². The lowest BCUT2D eigenvalue weighted by Crippen LogP contribution is -2.29. The van der Waals surface area contributed by atoms with Crippen molar-refractivity contribution < 1.29 is 9.18 Å². The van der Waals surface area contributed by atoms with Gasteiger partial charge in [-0.15, -0.1) is 0 Å². The lowest BCUT2D eigenvalue weighted by molar-refractivity contribution is 0.0904. The van der Waals surface area contributed by atoms with Crippen LogP contribution in [-0.4, -0.2) is 10.5 Å². The highest BCUT2D eigenvalue weighted by Crippen LogP contribution is 2.18.